The number of rotatable bonds is 9. The molecule has 0 spiro atoms. The Morgan fingerprint density at radius 2 is 1.79 bits per heavy atom. The predicted molar refractivity (Wildman–Crippen MR) is 125 cm³/mol. The molecule has 0 aliphatic rings. The van der Waals surface area contributed by atoms with Crippen LogP contribution in [0.25, 0.3) is 5.69 Å². The number of aromatic nitrogens is 3. The summed E-state index contributed by atoms with van der Waals surface area (Å²) in [4.78, 5) is 16.4. The number of benzene rings is 2. The summed E-state index contributed by atoms with van der Waals surface area (Å²) in [7, 11) is 1.61. The number of nitrogens with zero attached hydrogens (tertiary/aromatic N) is 3. The third kappa shape index (κ3) is 6.33. The summed E-state index contributed by atoms with van der Waals surface area (Å²) in [6, 6.07) is 20.6. The third-order valence-corrected chi connectivity index (χ3v) is 4.87. The first kappa shape index (κ1) is 21.9. The highest BCUT2D eigenvalue weighted by molar-refractivity contribution is 5.73. The Bertz CT molecular complexity index is 1180. The fourth-order valence-electron chi connectivity index (χ4n) is 3.14. The molecule has 4 rings (SSSR count). The Morgan fingerprint density at radius 3 is 2.58 bits per heavy atom. The van der Waals surface area contributed by atoms with E-state index in [2.05, 4.69) is 20.7 Å². The number of ether oxygens (including phenoxy) is 2. The van der Waals surface area contributed by atoms with Crippen LogP contribution in [0.15, 0.2) is 85.3 Å². The highest BCUT2D eigenvalue weighted by Gasteiger charge is 2.05. The second kappa shape index (κ2) is 10.8. The van der Waals surface area contributed by atoms with Crippen molar-refractivity contribution in [2.75, 3.05) is 13.7 Å². The summed E-state index contributed by atoms with van der Waals surface area (Å²) in [6.07, 6.45) is 6.15. The summed E-state index contributed by atoms with van der Waals surface area (Å²) in [5.74, 6) is 1.82. The van der Waals surface area contributed by atoms with Gasteiger partial charge in [-0.15, -0.1) is 0 Å². The summed E-state index contributed by atoms with van der Waals surface area (Å²) >= 11 is 0. The number of carbonyl (C=O) groups is 1. The topological polar surface area (TPSA) is 90.3 Å². The molecule has 33 heavy (non-hydrogen) atoms. The standard InChI is InChI=1S/C25H25N5O3/c1-32-22-8-5-9-23(14-22)33-24-11-10-19(15-27-24)16-28-25(31)26-13-12-20-17-29-30(18-20)21-6-3-2-4-7-21/h2-11,14-15,17-18H,12-13,16H2,1H3,(H2,26,28,31). The van der Waals surface area contributed by atoms with Crippen LogP contribution in [0.1, 0.15) is 11.1 Å². The number of methoxy groups -OCH3 is 1. The predicted octanol–water partition coefficient (Wildman–Crippen LogP) is 4.11. The minimum atomic E-state index is -0.234. The van der Waals surface area contributed by atoms with Gasteiger partial charge in [-0.2, -0.15) is 5.10 Å². The van der Waals surface area contributed by atoms with Crippen molar-refractivity contribution in [2.24, 2.45) is 0 Å². The summed E-state index contributed by atoms with van der Waals surface area (Å²) in [5, 5.41) is 10.1. The molecule has 0 unspecified atom stereocenters. The number of hydrogen-bond donors (Lipinski definition) is 2. The zero-order chi connectivity index (χ0) is 22.9. The van der Waals surface area contributed by atoms with Gasteiger partial charge in [-0.25, -0.2) is 14.5 Å². The molecule has 0 radical (unpaired) electrons. The van der Waals surface area contributed by atoms with E-state index in [1.807, 2.05) is 71.7 Å². The first-order chi connectivity index (χ1) is 16.2. The summed E-state index contributed by atoms with van der Waals surface area (Å²) < 4.78 is 12.7. The highest BCUT2D eigenvalue weighted by atomic mass is 16.5. The molecule has 0 aliphatic carbocycles. The van der Waals surface area contributed by atoms with Gasteiger partial charge in [0.25, 0.3) is 0 Å². The van der Waals surface area contributed by atoms with Gasteiger partial charge in [-0.1, -0.05) is 30.3 Å². The van der Waals surface area contributed by atoms with Crippen LogP contribution in [0.5, 0.6) is 17.4 Å². The normalized spacial score (nSPS) is 10.5. The van der Waals surface area contributed by atoms with Gasteiger partial charge in [0.05, 0.1) is 19.0 Å². The molecule has 0 saturated heterocycles. The molecule has 0 fully saturated rings. The van der Waals surface area contributed by atoms with Gasteiger partial charge in [0.2, 0.25) is 5.88 Å². The van der Waals surface area contributed by atoms with Crippen LogP contribution < -0.4 is 20.1 Å². The molecule has 0 saturated carbocycles. The SMILES string of the molecule is COc1cccc(Oc2ccc(CNC(=O)NCCc3cnn(-c4ccccc4)c3)cn2)c1. The quantitative estimate of drug-likeness (QED) is 0.406. The largest absolute Gasteiger partial charge is 0.497 e. The van der Waals surface area contributed by atoms with E-state index in [-0.39, 0.29) is 6.03 Å². The molecule has 2 amide bonds. The molecule has 4 aromatic rings. The molecular formula is C25H25N5O3. The summed E-state index contributed by atoms with van der Waals surface area (Å²) in [5.41, 5.74) is 2.92. The molecule has 168 valence electrons. The van der Waals surface area contributed by atoms with Crippen molar-refractivity contribution in [2.45, 2.75) is 13.0 Å². The lowest BCUT2D eigenvalue weighted by molar-refractivity contribution is 0.240. The van der Waals surface area contributed by atoms with Gasteiger partial charge in [0, 0.05) is 37.6 Å². The molecule has 2 N–H and O–H groups in total. The fourth-order valence-corrected chi connectivity index (χ4v) is 3.14. The van der Waals surface area contributed by atoms with E-state index in [1.165, 1.54) is 0 Å². The van der Waals surface area contributed by atoms with Crippen LogP contribution in [0, 0.1) is 0 Å². The molecule has 0 bridgehead atoms. The van der Waals surface area contributed by atoms with Gasteiger partial charge in [-0.3, -0.25) is 0 Å². The minimum absolute atomic E-state index is 0.234. The Kier molecular flexibility index (Phi) is 7.17. The van der Waals surface area contributed by atoms with Crippen LogP contribution in [0.3, 0.4) is 0 Å². The van der Waals surface area contributed by atoms with Crippen molar-refractivity contribution in [3.8, 4) is 23.1 Å². The van der Waals surface area contributed by atoms with Gasteiger partial charge >= 0.3 is 6.03 Å². The lowest BCUT2D eigenvalue weighted by atomic mass is 10.2. The van der Waals surface area contributed by atoms with Crippen molar-refractivity contribution < 1.29 is 14.3 Å². The lowest BCUT2D eigenvalue weighted by Gasteiger charge is -2.09. The molecule has 2 aromatic heterocycles. The maximum atomic E-state index is 12.1. The molecule has 2 aromatic carbocycles. The maximum absolute atomic E-state index is 12.1. The number of hydrogen-bond acceptors (Lipinski definition) is 5. The number of carbonyl (C=O) groups excluding carboxylic acids is 1. The van der Waals surface area contributed by atoms with Crippen molar-refractivity contribution in [1.29, 1.82) is 0 Å². The third-order valence-electron chi connectivity index (χ3n) is 4.87. The highest BCUT2D eigenvalue weighted by Crippen LogP contribution is 2.23. The van der Waals surface area contributed by atoms with Gasteiger partial charge in [0.1, 0.15) is 11.5 Å². The smallest absolute Gasteiger partial charge is 0.315 e. The van der Waals surface area contributed by atoms with Gasteiger partial charge in [-0.05, 0) is 41.8 Å². The maximum Gasteiger partial charge on any atom is 0.315 e. The van der Waals surface area contributed by atoms with E-state index < -0.39 is 0 Å². The van der Waals surface area contributed by atoms with Crippen LogP contribution >= 0.6 is 0 Å². The van der Waals surface area contributed by atoms with E-state index in [0.29, 0.717) is 36.9 Å². The first-order valence-electron chi connectivity index (χ1n) is 10.6. The average molecular weight is 444 g/mol. The Morgan fingerprint density at radius 1 is 0.939 bits per heavy atom. The van der Waals surface area contributed by atoms with Gasteiger partial charge < -0.3 is 20.1 Å². The lowest BCUT2D eigenvalue weighted by Crippen LogP contribution is -2.36. The molecule has 2 heterocycles. The molecule has 8 nitrogen and oxygen atoms in total. The Labute approximate surface area is 192 Å². The van der Waals surface area contributed by atoms with E-state index in [9.17, 15) is 4.79 Å². The zero-order valence-corrected chi connectivity index (χ0v) is 18.3. The molecule has 0 atom stereocenters. The van der Waals surface area contributed by atoms with E-state index in [4.69, 9.17) is 9.47 Å². The Balaban J connectivity index is 1.19. The average Bonchev–Trinajstić information content (AvgIpc) is 3.33. The van der Waals surface area contributed by atoms with Crippen molar-refractivity contribution in [3.63, 3.8) is 0 Å². The number of amides is 2. The van der Waals surface area contributed by atoms with Crippen molar-refractivity contribution in [3.05, 3.63) is 96.4 Å². The van der Waals surface area contributed by atoms with E-state index in [0.717, 1.165) is 16.8 Å². The minimum Gasteiger partial charge on any atom is -0.497 e. The van der Waals surface area contributed by atoms with E-state index in [1.54, 1.807) is 25.4 Å². The number of para-hydroxylation sites is 1. The fraction of sp³-hybridized carbons (Fsp3) is 0.160. The van der Waals surface area contributed by atoms with Crippen LogP contribution in [0.4, 0.5) is 4.79 Å². The molecule has 0 aliphatic heterocycles. The second-order valence-corrected chi connectivity index (χ2v) is 7.27. The van der Waals surface area contributed by atoms with Crippen LogP contribution in [0.2, 0.25) is 0 Å². The zero-order valence-electron chi connectivity index (χ0n) is 18.3. The molecule has 8 heteroatoms. The van der Waals surface area contributed by atoms with E-state index >= 15 is 0 Å². The van der Waals surface area contributed by atoms with Crippen molar-refractivity contribution in [1.82, 2.24) is 25.4 Å². The van der Waals surface area contributed by atoms with Crippen LogP contribution in [-0.4, -0.2) is 34.5 Å². The number of urea groups is 1. The first-order valence-corrected chi connectivity index (χ1v) is 10.6. The van der Waals surface area contributed by atoms with Gasteiger partial charge in [0.15, 0.2) is 0 Å². The Hall–Kier alpha value is -4.33. The summed E-state index contributed by atoms with van der Waals surface area (Å²) in [6.45, 7) is 0.877. The number of nitrogens with one attached hydrogen (secondary N) is 2. The van der Waals surface area contributed by atoms with Crippen molar-refractivity contribution >= 4 is 6.03 Å². The van der Waals surface area contributed by atoms with Crippen LogP contribution in [-0.2, 0) is 13.0 Å². The second-order valence-electron chi connectivity index (χ2n) is 7.27. The molecular weight excluding hydrogens is 418 g/mol. The monoisotopic (exact) mass is 443 g/mol. The number of pyridine rings is 1.